The number of anilines is 1. The minimum Gasteiger partial charge on any atom is -0.376 e. The van der Waals surface area contributed by atoms with Gasteiger partial charge < -0.3 is 4.74 Å². The van der Waals surface area contributed by atoms with Gasteiger partial charge in [-0.3, -0.25) is 9.69 Å². The number of nitrogens with zero attached hydrogens (tertiary/aromatic N) is 2. The van der Waals surface area contributed by atoms with Crippen LogP contribution in [0.25, 0.3) is 10.2 Å². The quantitative estimate of drug-likeness (QED) is 0.560. The number of hydrogen-bond acceptors (Lipinski definition) is 5. The summed E-state index contributed by atoms with van der Waals surface area (Å²) in [6, 6.07) is 9.95. The summed E-state index contributed by atoms with van der Waals surface area (Å²) >= 11 is 6.45. The highest BCUT2D eigenvalue weighted by Gasteiger charge is 2.27. The van der Waals surface area contributed by atoms with Gasteiger partial charge in [-0.25, -0.2) is 4.98 Å². The van der Waals surface area contributed by atoms with Crippen molar-refractivity contribution in [1.82, 2.24) is 4.98 Å². The first-order valence-electron chi connectivity index (χ1n) is 8.16. The average Bonchev–Trinajstić information content (AvgIpc) is 3.31. The summed E-state index contributed by atoms with van der Waals surface area (Å²) in [6.07, 6.45) is 2.12. The molecular formula is C18H17BrN2O2S2. The molecule has 3 aromatic rings. The lowest BCUT2D eigenvalue weighted by Gasteiger charge is -2.22. The van der Waals surface area contributed by atoms with E-state index in [1.165, 1.54) is 16.9 Å². The highest BCUT2D eigenvalue weighted by atomic mass is 79.9. The summed E-state index contributed by atoms with van der Waals surface area (Å²) in [7, 11) is 0. The highest BCUT2D eigenvalue weighted by molar-refractivity contribution is 9.11. The summed E-state index contributed by atoms with van der Waals surface area (Å²) in [4.78, 5) is 20.3. The minimum absolute atomic E-state index is 0.0121. The Morgan fingerprint density at radius 1 is 1.36 bits per heavy atom. The lowest BCUT2D eigenvalue weighted by Crippen LogP contribution is -2.37. The number of amides is 1. The Kier molecular flexibility index (Phi) is 4.90. The highest BCUT2D eigenvalue weighted by Crippen LogP contribution is 2.33. The van der Waals surface area contributed by atoms with Gasteiger partial charge in [0.15, 0.2) is 5.13 Å². The van der Waals surface area contributed by atoms with Crippen LogP contribution in [0.4, 0.5) is 5.13 Å². The van der Waals surface area contributed by atoms with Crippen LogP contribution in [0.2, 0.25) is 0 Å². The maximum atomic E-state index is 13.1. The number of fused-ring (bicyclic) bond motifs is 1. The number of aromatic nitrogens is 1. The Bertz CT molecular complexity index is 915. The fraction of sp³-hybridized carbons (Fsp3) is 0.333. The fourth-order valence-corrected chi connectivity index (χ4v) is 5.34. The molecule has 7 heteroatoms. The van der Waals surface area contributed by atoms with Crippen molar-refractivity contribution in [3.63, 3.8) is 0 Å². The maximum Gasteiger partial charge on any atom is 0.270 e. The molecule has 1 unspecified atom stereocenters. The van der Waals surface area contributed by atoms with Crippen LogP contribution in [0, 0.1) is 6.92 Å². The molecule has 1 aliphatic rings. The number of hydrogen-bond donors (Lipinski definition) is 0. The number of thiophene rings is 1. The topological polar surface area (TPSA) is 42.4 Å². The summed E-state index contributed by atoms with van der Waals surface area (Å²) in [5.74, 6) is -0.0121. The molecule has 0 N–H and O–H groups in total. The number of carbonyl (C=O) groups is 1. The van der Waals surface area contributed by atoms with Crippen molar-refractivity contribution in [1.29, 1.82) is 0 Å². The van der Waals surface area contributed by atoms with Crippen molar-refractivity contribution >= 4 is 59.9 Å². The van der Waals surface area contributed by atoms with Crippen molar-refractivity contribution < 1.29 is 9.53 Å². The second-order valence-electron chi connectivity index (χ2n) is 6.12. The Hall–Kier alpha value is -1.28. The van der Waals surface area contributed by atoms with E-state index < -0.39 is 0 Å². The molecular weight excluding hydrogens is 420 g/mol. The third-order valence-electron chi connectivity index (χ3n) is 4.20. The van der Waals surface area contributed by atoms with Crippen LogP contribution in [-0.2, 0) is 4.74 Å². The van der Waals surface area contributed by atoms with Crippen molar-refractivity contribution in [2.75, 3.05) is 18.1 Å². The smallest absolute Gasteiger partial charge is 0.270 e. The molecule has 1 atom stereocenters. The van der Waals surface area contributed by atoms with E-state index in [9.17, 15) is 4.79 Å². The number of halogens is 1. The van der Waals surface area contributed by atoms with Crippen LogP contribution >= 0.6 is 38.6 Å². The van der Waals surface area contributed by atoms with Crippen molar-refractivity contribution in [2.24, 2.45) is 0 Å². The van der Waals surface area contributed by atoms with Gasteiger partial charge in [0.25, 0.3) is 5.91 Å². The molecule has 1 fully saturated rings. The van der Waals surface area contributed by atoms with Gasteiger partial charge in [-0.1, -0.05) is 17.4 Å². The van der Waals surface area contributed by atoms with Crippen LogP contribution < -0.4 is 4.90 Å². The van der Waals surface area contributed by atoms with Gasteiger partial charge in [0, 0.05) is 6.61 Å². The molecule has 4 nitrogen and oxygen atoms in total. The maximum absolute atomic E-state index is 13.1. The number of ether oxygens (including phenoxy) is 1. The molecule has 0 saturated carbocycles. The Morgan fingerprint density at radius 3 is 2.96 bits per heavy atom. The van der Waals surface area contributed by atoms with Crippen LogP contribution in [0.15, 0.2) is 34.1 Å². The number of thiazole rings is 1. The monoisotopic (exact) mass is 436 g/mol. The van der Waals surface area contributed by atoms with Crippen molar-refractivity contribution in [2.45, 2.75) is 25.9 Å². The number of aryl methyl sites for hydroxylation is 1. The van der Waals surface area contributed by atoms with E-state index in [0.717, 1.165) is 38.6 Å². The molecule has 1 aromatic carbocycles. The van der Waals surface area contributed by atoms with Gasteiger partial charge in [-0.15, -0.1) is 11.3 Å². The van der Waals surface area contributed by atoms with E-state index >= 15 is 0 Å². The van der Waals surface area contributed by atoms with Gasteiger partial charge in [-0.2, -0.15) is 0 Å². The lowest BCUT2D eigenvalue weighted by atomic mass is 10.2. The number of rotatable bonds is 4. The summed E-state index contributed by atoms with van der Waals surface area (Å²) < 4.78 is 7.82. The molecule has 0 spiro atoms. The van der Waals surface area contributed by atoms with E-state index in [-0.39, 0.29) is 12.0 Å². The van der Waals surface area contributed by atoms with Crippen LogP contribution in [-0.4, -0.2) is 30.1 Å². The number of benzene rings is 1. The molecule has 1 amide bonds. The average molecular weight is 437 g/mol. The fourth-order valence-electron chi connectivity index (χ4n) is 2.94. The first kappa shape index (κ1) is 17.1. The van der Waals surface area contributed by atoms with E-state index in [0.29, 0.717) is 11.4 Å². The minimum atomic E-state index is -0.0121. The third kappa shape index (κ3) is 3.65. The molecule has 3 heterocycles. The van der Waals surface area contributed by atoms with Crippen LogP contribution in [0.5, 0.6) is 0 Å². The molecule has 25 heavy (non-hydrogen) atoms. The van der Waals surface area contributed by atoms with Gasteiger partial charge in [0.2, 0.25) is 0 Å². The standard InChI is InChI=1S/C18H17BrN2O2S2/c1-11-4-5-13-15(9-11)25-18(20-13)21(10-12-3-2-8-23-12)17(22)14-6-7-16(19)24-14/h4-7,9,12H,2-3,8,10H2,1H3. The first-order chi connectivity index (χ1) is 12.1. The van der Waals surface area contributed by atoms with Gasteiger partial charge in [0.1, 0.15) is 0 Å². The summed E-state index contributed by atoms with van der Waals surface area (Å²) in [6.45, 7) is 3.39. The normalized spacial score (nSPS) is 17.3. The zero-order chi connectivity index (χ0) is 17.4. The van der Waals surface area contributed by atoms with E-state index in [1.54, 1.807) is 16.2 Å². The molecule has 4 rings (SSSR count). The van der Waals surface area contributed by atoms with Gasteiger partial charge in [-0.05, 0) is 65.5 Å². The molecule has 0 aliphatic carbocycles. The third-order valence-corrected chi connectivity index (χ3v) is 6.86. The zero-order valence-corrected chi connectivity index (χ0v) is 16.9. The first-order valence-corrected chi connectivity index (χ1v) is 10.6. The Balaban J connectivity index is 1.70. The largest absolute Gasteiger partial charge is 0.376 e. The van der Waals surface area contributed by atoms with E-state index in [1.807, 2.05) is 18.2 Å². The van der Waals surface area contributed by atoms with Gasteiger partial charge in [0.05, 0.1) is 31.5 Å². The predicted molar refractivity (Wildman–Crippen MR) is 107 cm³/mol. The second-order valence-corrected chi connectivity index (χ2v) is 9.59. The molecule has 1 saturated heterocycles. The van der Waals surface area contributed by atoms with Crippen LogP contribution in [0.3, 0.4) is 0 Å². The zero-order valence-electron chi connectivity index (χ0n) is 13.7. The summed E-state index contributed by atoms with van der Waals surface area (Å²) in [5, 5.41) is 0.741. The predicted octanol–water partition coefficient (Wildman–Crippen LogP) is 5.25. The van der Waals surface area contributed by atoms with Gasteiger partial charge >= 0.3 is 0 Å². The molecule has 1 aliphatic heterocycles. The number of carbonyl (C=O) groups excluding carboxylic acids is 1. The SMILES string of the molecule is Cc1ccc2nc(N(CC3CCCO3)C(=O)c3ccc(Br)s3)sc2c1. The molecule has 0 bridgehead atoms. The molecule has 130 valence electrons. The van der Waals surface area contributed by atoms with E-state index in [2.05, 4.69) is 35.0 Å². The second kappa shape index (κ2) is 7.15. The van der Waals surface area contributed by atoms with Crippen molar-refractivity contribution in [3.8, 4) is 0 Å². The molecule has 2 aromatic heterocycles. The Labute approximate surface area is 162 Å². The lowest BCUT2D eigenvalue weighted by molar-refractivity contribution is 0.0920. The van der Waals surface area contributed by atoms with E-state index in [4.69, 9.17) is 9.72 Å². The van der Waals surface area contributed by atoms with Crippen molar-refractivity contribution in [3.05, 3.63) is 44.6 Å². The Morgan fingerprint density at radius 2 is 2.24 bits per heavy atom. The molecule has 0 radical (unpaired) electrons. The van der Waals surface area contributed by atoms with Crippen LogP contribution in [0.1, 0.15) is 28.1 Å². The summed E-state index contributed by atoms with van der Waals surface area (Å²) in [5.41, 5.74) is 2.13.